The van der Waals surface area contributed by atoms with Gasteiger partial charge in [-0.05, 0) is 51.0 Å². The first kappa shape index (κ1) is 12.5. The molecule has 1 aromatic carbocycles. The topological polar surface area (TPSA) is 63.9 Å². The van der Waals surface area contributed by atoms with Crippen LogP contribution >= 0.6 is 0 Å². The van der Waals surface area contributed by atoms with Gasteiger partial charge in [0.2, 0.25) is 0 Å². The standard InChI is InChI=1S/C14H19N3O/c1-5-18-12-7-8(2)11(6-9(12)3)14-13(15)10(4)16-17-14/h6-7H,5,15H2,1-4H3,(H,16,17). The molecule has 0 bridgehead atoms. The van der Waals surface area contributed by atoms with Gasteiger partial charge in [0.15, 0.2) is 0 Å². The van der Waals surface area contributed by atoms with Crippen molar-refractivity contribution in [3.63, 3.8) is 0 Å². The fraction of sp³-hybridized carbons (Fsp3) is 0.357. The fourth-order valence-electron chi connectivity index (χ4n) is 2.00. The van der Waals surface area contributed by atoms with Crippen LogP contribution in [-0.2, 0) is 0 Å². The lowest BCUT2D eigenvalue weighted by Gasteiger charge is -2.11. The van der Waals surface area contributed by atoms with Gasteiger partial charge in [-0.1, -0.05) is 0 Å². The highest BCUT2D eigenvalue weighted by Gasteiger charge is 2.13. The molecule has 2 aromatic rings. The summed E-state index contributed by atoms with van der Waals surface area (Å²) < 4.78 is 5.58. The number of rotatable bonds is 3. The summed E-state index contributed by atoms with van der Waals surface area (Å²) in [4.78, 5) is 0. The lowest BCUT2D eigenvalue weighted by molar-refractivity contribution is 0.337. The largest absolute Gasteiger partial charge is 0.494 e. The van der Waals surface area contributed by atoms with Crippen LogP contribution in [0.4, 0.5) is 5.69 Å². The van der Waals surface area contributed by atoms with Crippen LogP contribution in [0, 0.1) is 20.8 Å². The number of aryl methyl sites for hydroxylation is 3. The minimum absolute atomic E-state index is 0.670. The number of nitrogens with one attached hydrogen (secondary N) is 1. The normalized spacial score (nSPS) is 10.7. The number of aromatic nitrogens is 2. The molecule has 0 aliphatic heterocycles. The summed E-state index contributed by atoms with van der Waals surface area (Å²) in [5.74, 6) is 0.921. The van der Waals surface area contributed by atoms with Crippen LogP contribution in [-0.4, -0.2) is 16.8 Å². The van der Waals surface area contributed by atoms with Gasteiger partial charge in [-0.3, -0.25) is 5.10 Å². The van der Waals surface area contributed by atoms with E-state index in [0.29, 0.717) is 12.3 Å². The molecule has 0 saturated carbocycles. The van der Waals surface area contributed by atoms with E-state index in [2.05, 4.69) is 16.3 Å². The summed E-state index contributed by atoms with van der Waals surface area (Å²) in [5, 5.41) is 7.19. The van der Waals surface area contributed by atoms with Gasteiger partial charge < -0.3 is 10.5 Å². The van der Waals surface area contributed by atoms with Gasteiger partial charge in [-0.15, -0.1) is 0 Å². The lowest BCUT2D eigenvalue weighted by Crippen LogP contribution is -1.97. The molecule has 0 unspecified atom stereocenters. The Morgan fingerprint density at radius 1 is 1.22 bits per heavy atom. The van der Waals surface area contributed by atoms with Crippen molar-refractivity contribution in [2.45, 2.75) is 27.7 Å². The van der Waals surface area contributed by atoms with Crippen molar-refractivity contribution in [3.05, 3.63) is 29.0 Å². The van der Waals surface area contributed by atoms with Crippen molar-refractivity contribution < 1.29 is 4.74 Å². The zero-order valence-corrected chi connectivity index (χ0v) is 11.3. The minimum atomic E-state index is 0.670. The van der Waals surface area contributed by atoms with Gasteiger partial charge in [-0.25, -0.2) is 0 Å². The summed E-state index contributed by atoms with van der Waals surface area (Å²) in [6, 6.07) is 4.12. The number of hydrogen-bond donors (Lipinski definition) is 2. The van der Waals surface area contributed by atoms with E-state index in [1.54, 1.807) is 0 Å². The molecular formula is C14H19N3O. The summed E-state index contributed by atoms with van der Waals surface area (Å²) >= 11 is 0. The maximum absolute atomic E-state index is 6.03. The zero-order chi connectivity index (χ0) is 13.3. The first-order chi connectivity index (χ1) is 8.54. The molecule has 4 nitrogen and oxygen atoms in total. The molecule has 0 aliphatic carbocycles. The van der Waals surface area contributed by atoms with Crippen molar-refractivity contribution in [2.75, 3.05) is 12.3 Å². The molecule has 1 aromatic heterocycles. The van der Waals surface area contributed by atoms with Gasteiger partial charge in [0, 0.05) is 5.56 Å². The molecule has 1 heterocycles. The van der Waals surface area contributed by atoms with Crippen LogP contribution < -0.4 is 10.5 Å². The van der Waals surface area contributed by atoms with Crippen molar-refractivity contribution in [1.29, 1.82) is 0 Å². The summed E-state index contributed by atoms with van der Waals surface area (Å²) in [5.41, 5.74) is 11.7. The monoisotopic (exact) mass is 245 g/mol. The summed E-state index contributed by atoms with van der Waals surface area (Å²) in [6.07, 6.45) is 0. The van der Waals surface area contributed by atoms with Crippen molar-refractivity contribution in [1.82, 2.24) is 10.2 Å². The van der Waals surface area contributed by atoms with Crippen LogP contribution in [0.25, 0.3) is 11.3 Å². The molecule has 0 amide bonds. The van der Waals surface area contributed by atoms with E-state index in [-0.39, 0.29) is 0 Å². The van der Waals surface area contributed by atoms with Crippen molar-refractivity contribution in [3.8, 4) is 17.0 Å². The molecule has 96 valence electrons. The van der Waals surface area contributed by atoms with Crippen LogP contribution in [0.1, 0.15) is 23.7 Å². The van der Waals surface area contributed by atoms with Crippen LogP contribution in [0.3, 0.4) is 0 Å². The number of nitrogens with two attached hydrogens (primary N) is 1. The van der Waals surface area contributed by atoms with Gasteiger partial charge in [0.05, 0.1) is 18.0 Å². The first-order valence-electron chi connectivity index (χ1n) is 6.09. The van der Waals surface area contributed by atoms with Gasteiger partial charge in [-0.2, -0.15) is 5.10 Å². The Morgan fingerprint density at radius 2 is 1.94 bits per heavy atom. The Balaban J connectivity index is 2.53. The molecule has 0 saturated heterocycles. The second-order valence-corrected chi connectivity index (χ2v) is 4.48. The molecule has 4 heteroatoms. The molecule has 0 atom stereocenters. The van der Waals surface area contributed by atoms with Gasteiger partial charge in [0.1, 0.15) is 11.4 Å². The van der Waals surface area contributed by atoms with Crippen molar-refractivity contribution >= 4 is 5.69 Å². The lowest BCUT2D eigenvalue weighted by atomic mass is 10.0. The number of anilines is 1. The maximum Gasteiger partial charge on any atom is 0.122 e. The highest BCUT2D eigenvalue weighted by atomic mass is 16.5. The van der Waals surface area contributed by atoms with Gasteiger partial charge in [0.25, 0.3) is 0 Å². The Hall–Kier alpha value is -1.97. The van der Waals surface area contributed by atoms with Crippen LogP contribution in [0.2, 0.25) is 0 Å². The van der Waals surface area contributed by atoms with E-state index < -0.39 is 0 Å². The number of aromatic amines is 1. The van der Waals surface area contributed by atoms with Crippen molar-refractivity contribution in [2.24, 2.45) is 0 Å². The predicted octanol–water partition coefficient (Wildman–Crippen LogP) is 2.98. The van der Waals surface area contributed by atoms with E-state index in [9.17, 15) is 0 Å². The Labute approximate surface area is 107 Å². The van der Waals surface area contributed by atoms with Crippen LogP contribution in [0.15, 0.2) is 12.1 Å². The van der Waals surface area contributed by atoms with Gasteiger partial charge >= 0.3 is 0 Å². The number of ether oxygens (including phenoxy) is 1. The molecular weight excluding hydrogens is 226 g/mol. The molecule has 3 N–H and O–H groups in total. The molecule has 2 rings (SSSR count). The third-order valence-corrected chi connectivity index (χ3v) is 3.07. The number of nitrogen functional groups attached to an aromatic ring is 1. The molecule has 0 fully saturated rings. The average molecular weight is 245 g/mol. The number of benzene rings is 1. The third-order valence-electron chi connectivity index (χ3n) is 3.07. The molecule has 0 aliphatic rings. The van der Waals surface area contributed by atoms with E-state index in [4.69, 9.17) is 10.5 Å². The quantitative estimate of drug-likeness (QED) is 0.873. The first-order valence-corrected chi connectivity index (χ1v) is 6.09. The second-order valence-electron chi connectivity index (χ2n) is 4.48. The Kier molecular flexibility index (Phi) is 3.28. The number of nitrogens with zero attached hydrogens (tertiary/aromatic N) is 1. The highest BCUT2D eigenvalue weighted by molar-refractivity contribution is 5.77. The van der Waals surface area contributed by atoms with E-state index in [0.717, 1.165) is 33.8 Å². The average Bonchev–Trinajstić information content (AvgIpc) is 2.65. The number of H-pyrrole nitrogens is 1. The van der Waals surface area contributed by atoms with E-state index in [1.165, 1.54) is 0 Å². The smallest absolute Gasteiger partial charge is 0.122 e. The Morgan fingerprint density at radius 3 is 2.50 bits per heavy atom. The predicted molar refractivity (Wildman–Crippen MR) is 73.8 cm³/mol. The fourth-order valence-corrected chi connectivity index (χ4v) is 2.00. The van der Waals surface area contributed by atoms with Crippen LogP contribution in [0.5, 0.6) is 5.75 Å². The SMILES string of the molecule is CCOc1cc(C)c(-c2n[nH]c(C)c2N)cc1C. The summed E-state index contributed by atoms with van der Waals surface area (Å²) in [7, 11) is 0. The van der Waals surface area contributed by atoms with E-state index in [1.807, 2.05) is 33.8 Å². The third kappa shape index (κ3) is 2.06. The molecule has 18 heavy (non-hydrogen) atoms. The summed E-state index contributed by atoms with van der Waals surface area (Å²) in [6.45, 7) is 8.65. The minimum Gasteiger partial charge on any atom is -0.494 e. The molecule has 0 spiro atoms. The number of hydrogen-bond acceptors (Lipinski definition) is 3. The second kappa shape index (κ2) is 4.72. The maximum atomic E-state index is 6.03. The zero-order valence-electron chi connectivity index (χ0n) is 11.3. The Bertz CT molecular complexity index is 573. The highest BCUT2D eigenvalue weighted by Crippen LogP contribution is 2.32. The molecule has 0 radical (unpaired) electrons. The van der Waals surface area contributed by atoms with E-state index >= 15 is 0 Å².